The van der Waals surface area contributed by atoms with Gasteiger partial charge in [0.1, 0.15) is 18.1 Å². The summed E-state index contributed by atoms with van der Waals surface area (Å²) in [6.45, 7) is 0.386. The maximum Gasteiger partial charge on any atom is 0.289 e. The van der Waals surface area contributed by atoms with Gasteiger partial charge < -0.3 is 4.74 Å². The Balaban J connectivity index is 1.38. The number of nitrogens with one attached hydrogen (secondary N) is 2. The van der Waals surface area contributed by atoms with Crippen LogP contribution in [-0.4, -0.2) is 27.2 Å². The van der Waals surface area contributed by atoms with Crippen LogP contribution in [0.25, 0.3) is 11.3 Å². The van der Waals surface area contributed by atoms with Gasteiger partial charge in [-0.2, -0.15) is 10.2 Å². The lowest BCUT2D eigenvalue weighted by atomic mass is 10.1. The van der Waals surface area contributed by atoms with E-state index in [1.54, 1.807) is 24.3 Å². The summed E-state index contributed by atoms with van der Waals surface area (Å²) < 4.78 is 5.85. The summed E-state index contributed by atoms with van der Waals surface area (Å²) in [5, 5.41) is 22.2. The number of H-pyrrole nitrogens is 1. The quantitative estimate of drug-likeness (QED) is 0.211. The number of hydrogen-bond acceptors (Lipinski definition) is 6. The standard InChI is InChI=1S/C24H18ClN5O4/c25-19-9-7-16(8-10-19)15-34-21-6-2-4-18(12-21)22-13-23(28-27-22)24(31)29-26-14-17-3-1-5-20(11-17)30(32)33/h1-14H,15H2,(H,27,28)(H,29,31). The Morgan fingerprint density at radius 1 is 1.12 bits per heavy atom. The van der Waals surface area contributed by atoms with Crippen molar-refractivity contribution in [2.45, 2.75) is 6.61 Å². The molecule has 0 aliphatic rings. The predicted octanol–water partition coefficient (Wildman–Crippen LogP) is 4.98. The second-order valence-electron chi connectivity index (χ2n) is 7.16. The first-order valence-corrected chi connectivity index (χ1v) is 10.5. The predicted molar refractivity (Wildman–Crippen MR) is 128 cm³/mol. The van der Waals surface area contributed by atoms with E-state index in [0.29, 0.717) is 28.6 Å². The number of hydrazone groups is 1. The molecule has 0 aliphatic heterocycles. The Labute approximate surface area is 199 Å². The first kappa shape index (κ1) is 22.7. The van der Waals surface area contributed by atoms with Gasteiger partial charge in [0, 0.05) is 28.3 Å². The average Bonchev–Trinajstić information content (AvgIpc) is 3.35. The Hall–Kier alpha value is -4.50. The molecule has 0 aliphatic carbocycles. The minimum Gasteiger partial charge on any atom is -0.489 e. The highest BCUT2D eigenvalue weighted by molar-refractivity contribution is 6.30. The smallest absolute Gasteiger partial charge is 0.289 e. The van der Waals surface area contributed by atoms with Crippen molar-refractivity contribution in [3.63, 3.8) is 0 Å². The molecule has 3 aromatic carbocycles. The van der Waals surface area contributed by atoms with Crippen molar-refractivity contribution >= 4 is 29.4 Å². The highest BCUT2D eigenvalue weighted by atomic mass is 35.5. The van der Waals surface area contributed by atoms with Crippen molar-refractivity contribution in [2.24, 2.45) is 5.10 Å². The normalized spacial score (nSPS) is 10.9. The molecule has 0 unspecified atom stereocenters. The monoisotopic (exact) mass is 475 g/mol. The lowest BCUT2D eigenvalue weighted by Crippen LogP contribution is -2.18. The van der Waals surface area contributed by atoms with Crippen LogP contribution in [0.15, 0.2) is 84.0 Å². The highest BCUT2D eigenvalue weighted by Crippen LogP contribution is 2.24. The van der Waals surface area contributed by atoms with E-state index in [-0.39, 0.29) is 11.4 Å². The van der Waals surface area contributed by atoms with E-state index < -0.39 is 10.8 Å². The second kappa shape index (κ2) is 10.4. The first-order chi connectivity index (χ1) is 16.5. The van der Waals surface area contributed by atoms with Crippen LogP contribution in [-0.2, 0) is 6.61 Å². The molecule has 10 heteroatoms. The maximum atomic E-state index is 12.4. The zero-order valence-electron chi connectivity index (χ0n) is 17.6. The molecule has 4 rings (SSSR count). The first-order valence-electron chi connectivity index (χ1n) is 10.1. The number of aromatic nitrogens is 2. The van der Waals surface area contributed by atoms with Gasteiger partial charge in [0.2, 0.25) is 0 Å². The number of halogens is 1. The second-order valence-corrected chi connectivity index (χ2v) is 7.60. The number of carbonyl (C=O) groups is 1. The summed E-state index contributed by atoms with van der Waals surface area (Å²) >= 11 is 5.90. The van der Waals surface area contributed by atoms with Crippen LogP contribution in [0.2, 0.25) is 5.02 Å². The van der Waals surface area contributed by atoms with Crippen molar-refractivity contribution in [3.8, 4) is 17.0 Å². The molecule has 0 spiro atoms. The minimum absolute atomic E-state index is 0.0622. The lowest BCUT2D eigenvalue weighted by molar-refractivity contribution is -0.384. The minimum atomic E-state index is -0.504. The van der Waals surface area contributed by atoms with Gasteiger partial charge in [0.25, 0.3) is 11.6 Å². The maximum absolute atomic E-state index is 12.4. The van der Waals surface area contributed by atoms with Crippen LogP contribution in [0.1, 0.15) is 21.6 Å². The van der Waals surface area contributed by atoms with E-state index in [4.69, 9.17) is 16.3 Å². The molecule has 1 heterocycles. The Morgan fingerprint density at radius 3 is 2.71 bits per heavy atom. The van der Waals surface area contributed by atoms with Gasteiger partial charge in [0.15, 0.2) is 0 Å². The van der Waals surface area contributed by atoms with Crippen LogP contribution < -0.4 is 10.2 Å². The van der Waals surface area contributed by atoms with E-state index >= 15 is 0 Å². The van der Waals surface area contributed by atoms with Gasteiger partial charge in [-0.25, -0.2) is 5.43 Å². The van der Waals surface area contributed by atoms with Crippen molar-refractivity contribution in [3.05, 3.63) is 111 Å². The number of nitrogens with zero attached hydrogens (tertiary/aromatic N) is 3. The van der Waals surface area contributed by atoms with E-state index in [1.807, 2.05) is 36.4 Å². The third kappa shape index (κ3) is 5.84. The third-order valence-corrected chi connectivity index (χ3v) is 4.98. The SMILES string of the molecule is O=C(NN=Cc1cccc([N+](=O)[O-])c1)c1cc(-c2cccc(OCc3ccc(Cl)cc3)c2)n[nH]1. The molecule has 4 aromatic rings. The number of aromatic amines is 1. The number of benzene rings is 3. The summed E-state index contributed by atoms with van der Waals surface area (Å²) in [6.07, 6.45) is 1.32. The van der Waals surface area contributed by atoms with E-state index in [9.17, 15) is 14.9 Å². The van der Waals surface area contributed by atoms with Gasteiger partial charge in [-0.05, 0) is 35.9 Å². The third-order valence-electron chi connectivity index (χ3n) is 4.73. The molecule has 0 radical (unpaired) electrons. The van der Waals surface area contributed by atoms with Crippen LogP contribution in [0.3, 0.4) is 0 Å². The number of rotatable bonds is 8. The number of non-ortho nitro benzene ring substituents is 1. The van der Waals surface area contributed by atoms with E-state index in [0.717, 1.165) is 11.1 Å². The molecule has 1 amide bonds. The summed E-state index contributed by atoms with van der Waals surface area (Å²) in [4.78, 5) is 22.7. The summed E-state index contributed by atoms with van der Waals surface area (Å²) in [5.41, 5.74) is 5.31. The fourth-order valence-electron chi connectivity index (χ4n) is 3.02. The Bertz CT molecular complexity index is 1350. The fourth-order valence-corrected chi connectivity index (χ4v) is 3.15. The van der Waals surface area contributed by atoms with Crippen LogP contribution >= 0.6 is 11.6 Å². The van der Waals surface area contributed by atoms with Crippen molar-refractivity contribution in [2.75, 3.05) is 0 Å². The van der Waals surface area contributed by atoms with E-state index in [2.05, 4.69) is 20.7 Å². The number of nitro benzene ring substituents is 1. The topological polar surface area (TPSA) is 123 Å². The van der Waals surface area contributed by atoms with Crippen molar-refractivity contribution in [1.29, 1.82) is 0 Å². The zero-order chi connectivity index (χ0) is 23.9. The van der Waals surface area contributed by atoms with Crippen molar-refractivity contribution < 1.29 is 14.5 Å². The largest absolute Gasteiger partial charge is 0.489 e. The Kier molecular flexibility index (Phi) is 6.95. The molecule has 0 atom stereocenters. The molecule has 0 saturated carbocycles. The van der Waals surface area contributed by atoms with E-state index in [1.165, 1.54) is 24.4 Å². The number of hydrogen-bond donors (Lipinski definition) is 2. The summed E-state index contributed by atoms with van der Waals surface area (Å²) in [5.74, 6) is 0.151. The van der Waals surface area contributed by atoms with Gasteiger partial charge in [-0.1, -0.05) is 48.0 Å². The van der Waals surface area contributed by atoms with Crippen molar-refractivity contribution in [1.82, 2.24) is 15.6 Å². The number of carbonyl (C=O) groups excluding carboxylic acids is 1. The van der Waals surface area contributed by atoms with Crippen LogP contribution in [0.4, 0.5) is 5.69 Å². The summed E-state index contributed by atoms with van der Waals surface area (Å²) in [6, 6.07) is 22.3. The molecular formula is C24H18ClN5O4. The molecular weight excluding hydrogens is 458 g/mol. The molecule has 9 nitrogen and oxygen atoms in total. The molecule has 34 heavy (non-hydrogen) atoms. The fraction of sp³-hybridized carbons (Fsp3) is 0.0417. The summed E-state index contributed by atoms with van der Waals surface area (Å²) in [7, 11) is 0. The Morgan fingerprint density at radius 2 is 1.91 bits per heavy atom. The van der Waals surface area contributed by atoms with Gasteiger partial charge >= 0.3 is 0 Å². The highest BCUT2D eigenvalue weighted by Gasteiger charge is 2.11. The van der Waals surface area contributed by atoms with Gasteiger partial charge in [-0.3, -0.25) is 20.0 Å². The number of ether oxygens (including phenoxy) is 1. The molecule has 1 aromatic heterocycles. The van der Waals surface area contributed by atoms with Crippen LogP contribution in [0.5, 0.6) is 5.75 Å². The number of amides is 1. The van der Waals surface area contributed by atoms with Crippen LogP contribution in [0, 0.1) is 10.1 Å². The molecule has 0 fully saturated rings. The molecule has 0 bridgehead atoms. The lowest BCUT2D eigenvalue weighted by Gasteiger charge is -2.07. The molecule has 0 saturated heterocycles. The average molecular weight is 476 g/mol. The van der Waals surface area contributed by atoms with Gasteiger partial charge in [0.05, 0.1) is 16.8 Å². The molecule has 170 valence electrons. The zero-order valence-corrected chi connectivity index (χ0v) is 18.4. The van der Waals surface area contributed by atoms with Gasteiger partial charge in [-0.15, -0.1) is 0 Å². The number of nitro groups is 1. The molecule has 2 N–H and O–H groups in total.